The molecule has 3 heteroatoms. The molecule has 0 aromatic heterocycles. The summed E-state index contributed by atoms with van der Waals surface area (Å²) < 4.78 is 0. The van der Waals surface area contributed by atoms with Crippen LogP contribution < -0.4 is 0 Å². The fourth-order valence-corrected chi connectivity index (χ4v) is 1.58. The number of hydrogen-bond acceptors (Lipinski definition) is 2. The van der Waals surface area contributed by atoms with Gasteiger partial charge < -0.3 is 0 Å². The molecule has 1 fully saturated rings. The third kappa shape index (κ3) is 1.64. The first-order chi connectivity index (χ1) is 6.72. The minimum absolute atomic E-state index is 0.0632. The second-order valence-corrected chi connectivity index (χ2v) is 3.89. The van der Waals surface area contributed by atoms with E-state index in [-0.39, 0.29) is 17.6 Å². The summed E-state index contributed by atoms with van der Waals surface area (Å²) in [6.07, 6.45) is 0.706. The molecule has 1 aliphatic rings. The van der Waals surface area contributed by atoms with E-state index in [2.05, 4.69) is 6.07 Å². The summed E-state index contributed by atoms with van der Waals surface area (Å²) in [5, 5.41) is 9.21. The molecule has 1 saturated carbocycles. The normalized spacial score (nSPS) is 24.0. The number of nitriles is 1. The molecule has 0 saturated heterocycles. The first-order valence-electron chi connectivity index (χ1n) is 4.42. The zero-order valence-corrected chi connectivity index (χ0v) is 8.16. The summed E-state index contributed by atoms with van der Waals surface area (Å²) in [4.78, 5) is 11.7. The van der Waals surface area contributed by atoms with Crippen LogP contribution >= 0.6 is 11.6 Å². The molecule has 2 unspecified atom stereocenters. The average Bonchev–Trinajstić information content (AvgIpc) is 2.97. The quantitative estimate of drug-likeness (QED) is 0.697. The topological polar surface area (TPSA) is 40.9 Å². The van der Waals surface area contributed by atoms with Crippen LogP contribution in [0.1, 0.15) is 16.8 Å². The largest absolute Gasteiger partial charge is 0.294 e. The maximum absolute atomic E-state index is 11.7. The van der Waals surface area contributed by atoms with E-state index in [9.17, 15) is 4.79 Å². The SMILES string of the molecule is N#CC1CC1C(=O)c1ccc(Cl)cc1. The molecular formula is C11H8ClNO. The molecule has 0 heterocycles. The van der Waals surface area contributed by atoms with Crippen LogP contribution in [0, 0.1) is 23.2 Å². The first kappa shape index (κ1) is 9.23. The Morgan fingerprint density at radius 3 is 2.57 bits per heavy atom. The van der Waals surface area contributed by atoms with Crippen LogP contribution in [0.15, 0.2) is 24.3 Å². The Balaban J connectivity index is 2.14. The lowest BCUT2D eigenvalue weighted by molar-refractivity contribution is 0.0964. The van der Waals surface area contributed by atoms with Crippen molar-refractivity contribution in [3.8, 4) is 6.07 Å². The highest BCUT2D eigenvalue weighted by molar-refractivity contribution is 6.30. The van der Waals surface area contributed by atoms with Gasteiger partial charge in [-0.25, -0.2) is 0 Å². The predicted octanol–water partition coefficient (Wildman–Crippen LogP) is 2.68. The number of nitrogens with zero attached hydrogens (tertiary/aromatic N) is 1. The predicted molar refractivity (Wildman–Crippen MR) is 53.0 cm³/mol. The minimum atomic E-state index is -0.0822. The molecule has 0 bridgehead atoms. The van der Waals surface area contributed by atoms with Crippen molar-refractivity contribution >= 4 is 17.4 Å². The van der Waals surface area contributed by atoms with E-state index in [1.54, 1.807) is 24.3 Å². The zero-order valence-electron chi connectivity index (χ0n) is 7.40. The van der Waals surface area contributed by atoms with E-state index < -0.39 is 0 Å². The standard InChI is InChI=1S/C11H8ClNO/c12-9-3-1-7(2-4-9)11(14)10-5-8(10)6-13/h1-4,8,10H,5H2. The Morgan fingerprint density at radius 1 is 1.43 bits per heavy atom. The zero-order chi connectivity index (χ0) is 10.1. The number of halogens is 1. The Hall–Kier alpha value is -1.33. The molecule has 14 heavy (non-hydrogen) atoms. The second-order valence-electron chi connectivity index (χ2n) is 3.45. The van der Waals surface area contributed by atoms with Gasteiger partial charge >= 0.3 is 0 Å². The Kier molecular flexibility index (Phi) is 2.26. The van der Waals surface area contributed by atoms with E-state index in [0.29, 0.717) is 17.0 Å². The van der Waals surface area contributed by atoms with Gasteiger partial charge in [-0.2, -0.15) is 5.26 Å². The summed E-state index contributed by atoms with van der Waals surface area (Å²) in [5.74, 6) is -0.0902. The number of hydrogen-bond donors (Lipinski definition) is 0. The van der Waals surface area contributed by atoms with Gasteiger partial charge in [0.05, 0.1) is 12.0 Å². The van der Waals surface area contributed by atoms with Crippen molar-refractivity contribution in [1.82, 2.24) is 0 Å². The fraction of sp³-hybridized carbons (Fsp3) is 0.273. The van der Waals surface area contributed by atoms with Gasteiger partial charge in [0.1, 0.15) is 0 Å². The van der Waals surface area contributed by atoms with Crippen molar-refractivity contribution in [1.29, 1.82) is 5.26 Å². The van der Waals surface area contributed by atoms with Crippen molar-refractivity contribution in [2.45, 2.75) is 6.42 Å². The maximum Gasteiger partial charge on any atom is 0.167 e. The number of rotatable bonds is 2. The summed E-state index contributed by atoms with van der Waals surface area (Å²) in [6.45, 7) is 0. The van der Waals surface area contributed by atoms with Crippen LogP contribution in [0.2, 0.25) is 5.02 Å². The molecule has 0 amide bonds. The molecule has 1 aliphatic carbocycles. The van der Waals surface area contributed by atoms with Crippen molar-refractivity contribution in [3.63, 3.8) is 0 Å². The molecule has 2 rings (SSSR count). The molecular weight excluding hydrogens is 198 g/mol. The maximum atomic E-state index is 11.7. The Labute approximate surface area is 87.1 Å². The lowest BCUT2D eigenvalue weighted by Gasteiger charge is -1.97. The molecule has 0 spiro atoms. The van der Waals surface area contributed by atoms with Crippen molar-refractivity contribution in [2.75, 3.05) is 0 Å². The van der Waals surface area contributed by atoms with Gasteiger partial charge in [0.15, 0.2) is 5.78 Å². The number of benzene rings is 1. The van der Waals surface area contributed by atoms with E-state index in [1.165, 1.54) is 0 Å². The van der Waals surface area contributed by atoms with Crippen LogP contribution in [0.3, 0.4) is 0 Å². The molecule has 70 valence electrons. The molecule has 2 atom stereocenters. The van der Waals surface area contributed by atoms with Gasteiger partial charge in [0.25, 0.3) is 0 Å². The Bertz CT molecular complexity index is 404. The number of carbonyl (C=O) groups excluding carboxylic acids is 1. The van der Waals surface area contributed by atoms with Crippen LogP contribution in [0.5, 0.6) is 0 Å². The first-order valence-corrected chi connectivity index (χ1v) is 4.79. The van der Waals surface area contributed by atoms with Gasteiger partial charge in [0.2, 0.25) is 0 Å². The molecule has 0 aliphatic heterocycles. The summed E-state index contributed by atoms with van der Waals surface area (Å²) in [5.41, 5.74) is 0.650. The van der Waals surface area contributed by atoms with Gasteiger partial charge in [-0.1, -0.05) is 11.6 Å². The summed E-state index contributed by atoms with van der Waals surface area (Å²) >= 11 is 5.70. The highest BCUT2D eigenvalue weighted by atomic mass is 35.5. The molecule has 1 aromatic carbocycles. The molecule has 2 nitrogen and oxygen atoms in total. The van der Waals surface area contributed by atoms with Crippen LogP contribution in [-0.4, -0.2) is 5.78 Å². The van der Waals surface area contributed by atoms with Crippen molar-refractivity contribution in [2.24, 2.45) is 11.8 Å². The lowest BCUT2D eigenvalue weighted by Crippen LogP contribution is -2.02. The van der Waals surface area contributed by atoms with E-state index in [1.807, 2.05) is 0 Å². The summed E-state index contributed by atoms with van der Waals surface area (Å²) in [6, 6.07) is 8.90. The van der Waals surface area contributed by atoms with E-state index in [4.69, 9.17) is 16.9 Å². The fourth-order valence-electron chi connectivity index (χ4n) is 1.46. The summed E-state index contributed by atoms with van der Waals surface area (Å²) in [7, 11) is 0. The molecule has 0 radical (unpaired) electrons. The van der Waals surface area contributed by atoms with Gasteiger partial charge in [-0.3, -0.25) is 4.79 Å². The lowest BCUT2D eigenvalue weighted by atomic mass is 10.1. The molecule has 1 aromatic rings. The minimum Gasteiger partial charge on any atom is -0.294 e. The molecule has 0 N–H and O–H groups in total. The number of Topliss-reactive ketones (excluding diaryl/α,β-unsaturated/α-hetero) is 1. The second kappa shape index (κ2) is 3.43. The number of carbonyl (C=O) groups is 1. The number of ketones is 1. The van der Waals surface area contributed by atoms with Crippen molar-refractivity contribution < 1.29 is 4.79 Å². The van der Waals surface area contributed by atoms with Crippen LogP contribution in [0.4, 0.5) is 0 Å². The van der Waals surface area contributed by atoms with E-state index in [0.717, 1.165) is 0 Å². The van der Waals surface area contributed by atoms with Crippen LogP contribution in [0.25, 0.3) is 0 Å². The smallest absolute Gasteiger partial charge is 0.167 e. The van der Waals surface area contributed by atoms with E-state index >= 15 is 0 Å². The third-order valence-corrected chi connectivity index (χ3v) is 2.67. The van der Waals surface area contributed by atoms with Gasteiger partial charge in [0, 0.05) is 16.5 Å². The van der Waals surface area contributed by atoms with Crippen LogP contribution in [-0.2, 0) is 0 Å². The average molecular weight is 206 g/mol. The highest BCUT2D eigenvalue weighted by Gasteiger charge is 2.43. The van der Waals surface area contributed by atoms with Gasteiger partial charge in [-0.15, -0.1) is 0 Å². The van der Waals surface area contributed by atoms with Gasteiger partial charge in [-0.05, 0) is 30.7 Å². The Morgan fingerprint density at radius 2 is 2.07 bits per heavy atom. The van der Waals surface area contributed by atoms with Crippen molar-refractivity contribution in [3.05, 3.63) is 34.9 Å². The monoisotopic (exact) mass is 205 g/mol. The third-order valence-electron chi connectivity index (χ3n) is 2.42. The highest BCUT2D eigenvalue weighted by Crippen LogP contribution is 2.40.